The van der Waals surface area contributed by atoms with Gasteiger partial charge in [-0.25, -0.2) is 14.4 Å². The lowest BCUT2D eigenvalue weighted by atomic mass is 10.0. The van der Waals surface area contributed by atoms with Crippen molar-refractivity contribution in [2.75, 3.05) is 18.0 Å². The van der Waals surface area contributed by atoms with E-state index in [-0.39, 0.29) is 11.9 Å². The Labute approximate surface area is 114 Å². The summed E-state index contributed by atoms with van der Waals surface area (Å²) in [4.78, 5) is 10.1. The molecule has 0 saturated carbocycles. The number of piperidine rings is 1. The van der Waals surface area contributed by atoms with E-state index in [1.807, 2.05) is 4.90 Å². The van der Waals surface area contributed by atoms with Crippen molar-refractivity contribution in [3.63, 3.8) is 0 Å². The molecule has 1 aliphatic heterocycles. The van der Waals surface area contributed by atoms with Gasteiger partial charge in [0.15, 0.2) is 11.6 Å². The predicted octanol–water partition coefficient (Wildman–Crippen LogP) is 2.28. The number of nitrogens with one attached hydrogen (secondary N) is 1. The summed E-state index contributed by atoms with van der Waals surface area (Å²) in [6, 6.07) is 0.637. The first-order valence-electron chi connectivity index (χ1n) is 7.06. The first-order chi connectivity index (χ1) is 9.09. The minimum absolute atomic E-state index is 0.215. The number of hydrogen-bond donors (Lipinski definition) is 1. The fraction of sp³-hybridized carbons (Fsp3) is 0.714. The zero-order valence-electron chi connectivity index (χ0n) is 12.0. The van der Waals surface area contributed by atoms with Crippen molar-refractivity contribution in [3.05, 3.63) is 17.8 Å². The van der Waals surface area contributed by atoms with Gasteiger partial charge in [0.25, 0.3) is 0 Å². The zero-order valence-corrected chi connectivity index (χ0v) is 12.0. The Morgan fingerprint density at radius 1 is 1.42 bits per heavy atom. The quantitative estimate of drug-likeness (QED) is 0.907. The Hall–Kier alpha value is -1.23. The first-order valence-corrected chi connectivity index (χ1v) is 7.06. The number of aromatic nitrogens is 2. The van der Waals surface area contributed by atoms with E-state index < -0.39 is 0 Å². The maximum atomic E-state index is 14.2. The second-order valence-electron chi connectivity index (χ2n) is 5.49. The van der Waals surface area contributed by atoms with E-state index in [2.05, 4.69) is 29.1 Å². The number of nitrogens with zero attached hydrogens (tertiary/aromatic N) is 3. The van der Waals surface area contributed by atoms with E-state index in [0.29, 0.717) is 17.6 Å². The lowest BCUT2D eigenvalue weighted by Gasteiger charge is -2.34. The molecule has 1 saturated heterocycles. The Morgan fingerprint density at radius 3 is 2.84 bits per heavy atom. The minimum atomic E-state index is -0.299. The van der Waals surface area contributed by atoms with Gasteiger partial charge in [-0.3, -0.25) is 0 Å². The fourth-order valence-corrected chi connectivity index (χ4v) is 2.50. The second kappa shape index (κ2) is 6.28. The first kappa shape index (κ1) is 14.2. The molecule has 19 heavy (non-hydrogen) atoms. The minimum Gasteiger partial charge on any atom is -0.350 e. The average Bonchev–Trinajstić information content (AvgIpc) is 2.40. The van der Waals surface area contributed by atoms with Gasteiger partial charge in [-0.15, -0.1) is 0 Å². The molecule has 0 bridgehead atoms. The van der Waals surface area contributed by atoms with E-state index in [4.69, 9.17) is 0 Å². The molecular weight excluding hydrogens is 243 g/mol. The number of rotatable bonds is 4. The number of anilines is 1. The van der Waals surface area contributed by atoms with Gasteiger partial charge < -0.3 is 10.2 Å². The van der Waals surface area contributed by atoms with E-state index >= 15 is 0 Å². The average molecular weight is 266 g/mol. The Morgan fingerprint density at radius 2 is 2.21 bits per heavy atom. The van der Waals surface area contributed by atoms with Crippen LogP contribution in [0.25, 0.3) is 0 Å². The summed E-state index contributed by atoms with van der Waals surface area (Å²) >= 11 is 0. The molecule has 1 aromatic rings. The van der Waals surface area contributed by atoms with Gasteiger partial charge in [0.1, 0.15) is 6.33 Å². The van der Waals surface area contributed by atoms with Crippen LogP contribution in [-0.2, 0) is 0 Å². The van der Waals surface area contributed by atoms with Crippen molar-refractivity contribution < 1.29 is 4.39 Å². The summed E-state index contributed by atoms with van der Waals surface area (Å²) in [6.45, 7) is 7.67. The number of hydrogen-bond acceptors (Lipinski definition) is 4. The van der Waals surface area contributed by atoms with Crippen LogP contribution in [0.2, 0.25) is 0 Å². The monoisotopic (exact) mass is 266 g/mol. The molecule has 1 aromatic heterocycles. The van der Waals surface area contributed by atoms with Crippen molar-refractivity contribution in [3.8, 4) is 0 Å². The van der Waals surface area contributed by atoms with E-state index in [1.165, 1.54) is 19.2 Å². The van der Waals surface area contributed by atoms with Gasteiger partial charge in [-0.1, -0.05) is 6.42 Å². The number of aryl methyl sites for hydroxylation is 1. The summed E-state index contributed by atoms with van der Waals surface area (Å²) in [5.74, 6) is 0.127. The van der Waals surface area contributed by atoms with Crippen LogP contribution in [0.4, 0.5) is 10.2 Å². The zero-order chi connectivity index (χ0) is 13.8. The highest BCUT2D eigenvalue weighted by Gasteiger charge is 2.23. The molecule has 0 amide bonds. The molecule has 1 aliphatic rings. The lowest BCUT2D eigenvalue weighted by Crippen LogP contribution is -2.46. The molecule has 2 heterocycles. The standard InChI is InChI=1S/C14H23FN4/c1-10(2)19(8-12-6-4-5-7-16-12)14-13(15)11(3)17-9-18-14/h9-10,12,16H,4-8H2,1-3H3. The van der Waals surface area contributed by atoms with Crippen LogP contribution in [0, 0.1) is 12.7 Å². The van der Waals surface area contributed by atoms with Crippen molar-refractivity contribution in [2.45, 2.75) is 52.1 Å². The Balaban J connectivity index is 2.17. The Kier molecular flexibility index (Phi) is 4.69. The van der Waals surface area contributed by atoms with E-state index in [1.54, 1.807) is 6.92 Å². The summed E-state index contributed by atoms with van der Waals surface area (Å²) in [6.07, 6.45) is 5.07. The van der Waals surface area contributed by atoms with Gasteiger partial charge in [0.2, 0.25) is 0 Å². The predicted molar refractivity (Wildman–Crippen MR) is 74.9 cm³/mol. The van der Waals surface area contributed by atoms with Gasteiger partial charge in [-0.2, -0.15) is 0 Å². The summed E-state index contributed by atoms with van der Waals surface area (Å²) in [5, 5.41) is 3.50. The van der Waals surface area contributed by atoms with Crippen LogP contribution in [-0.4, -0.2) is 35.1 Å². The molecule has 1 N–H and O–H groups in total. The highest BCUT2D eigenvalue weighted by atomic mass is 19.1. The molecule has 106 valence electrons. The maximum absolute atomic E-state index is 14.2. The van der Waals surface area contributed by atoms with Crippen LogP contribution in [0.5, 0.6) is 0 Å². The topological polar surface area (TPSA) is 41.1 Å². The summed E-state index contributed by atoms with van der Waals surface area (Å²) in [7, 11) is 0. The summed E-state index contributed by atoms with van der Waals surface area (Å²) in [5.41, 5.74) is 0.409. The molecular formula is C14H23FN4. The van der Waals surface area contributed by atoms with Crippen LogP contribution < -0.4 is 10.2 Å². The van der Waals surface area contributed by atoms with Crippen molar-refractivity contribution in [2.24, 2.45) is 0 Å². The van der Waals surface area contributed by atoms with Gasteiger partial charge >= 0.3 is 0 Å². The maximum Gasteiger partial charge on any atom is 0.186 e. The lowest BCUT2D eigenvalue weighted by molar-refractivity contribution is 0.390. The van der Waals surface area contributed by atoms with Gasteiger partial charge in [0.05, 0.1) is 5.69 Å². The molecule has 2 rings (SSSR count). The number of halogens is 1. The largest absolute Gasteiger partial charge is 0.350 e. The van der Waals surface area contributed by atoms with Crippen LogP contribution in [0.1, 0.15) is 38.8 Å². The second-order valence-corrected chi connectivity index (χ2v) is 5.49. The molecule has 1 unspecified atom stereocenters. The van der Waals surface area contributed by atoms with Crippen LogP contribution >= 0.6 is 0 Å². The van der Waals surface area contributed by atoms with E-state index in [9.17, 15) is 4.39 Å². The molecule has 1 atom stereocenters. The summed E-state index contributed by atoms with van der Waals surface area (Å²) < 4.78 is 14.2. The van der Waals surface area contributed by atoms with Gasteiger partial charge in [-0.05, 0) is 40.2 Å². The third kappa shape index (κ3) is 3.41. The van der Waals surface area contributed by atoms with Crippen LogP contribution in [0.15, 0.2) is 6.33 Å². The normalized spacial score (nSPS) is 19.7. The van der Waals surface area contributed by atoms with Crippen molar-refractivity contribution in [1.82, 2.24) is 15.3 Å². The van der Waals surface area contributed by atoms with E-state index in [0.717, 1.165) is 19.5 Å². The third-order valence-electron chi connectivity index (χ3n) is 3.67. The van der Waals surface area contributed by atoms with Crippen LogP contribution in [0.3, 0.4) is 0 Å². The van der Waals surface area contributed by atoms with Crippen molar-refractivity contribution in [1.29, 1.82) is 0 Å². The fourth-order valence-electron chi connectivity index (χ4n) is 2.50. The molecule has 0 spiro atoms. The molecule has 0 aromatic carbocycles. The molecule has 0 aliphatic carbocycles. The smallest absolute Gasteiger partial charge is 0.186 e. The van der Waals surface area contributed by atoms with Gasteiger partial charge in [0, 0.05) is 18.6 Å². The molecule has 5 heteroatoms. The molecule has 1 fully saturated rings. The molecule has 4 nitrogen and oxygen atoms in total. The highest BCUT2D eigenvalue weighted by molar-refractivity contribution is 5.42. The Bertz CT molecular complexity index is 416. The highest BCUT2D eigenvalue weighted by Crippen LogP contribution is 2.21. The molecule has 0 radical (unpaired) electrons. The third-order valence-corrected chi connectivity index (χ3v) is 3.67. The van der Waals surface area contributed by atoms with Crippen molar-refractivity contribution >= 4 is 5.82 Å². The SMILES string of the molecule is Cc1ncnc(N(CC2CCCCN2)C(C)C)c1F.